The Bertz CT molecular complexity index is 757. The molecular formula is C17H19N3O2. The van der Waals surface area contributed by atoms with Crippen LogP contribution in [0.1, 0.15) is 19.4 Å². The third kappa shape index (κ3) is 3.34. The summed E-state index contributed by atoms with van der Waals surface area (Å²) in [5.74, 6) is 0.973. The highest BCUT2D eigenvalue weighted by Crippen LogP contribution is 2.27. The molecule has 0 fully saturated rings. The SMILES string of the molecule is COc1ccccc1-c1cc(CC#N)c(=O)n(CC(C)C)n1. The van der Waals surface area contributed by atoms with Gasteiger partial charge >= 0.3 is 0 Å². The molecule has 2 aromatic rings. The summed E-state index contributed by atoms with van der Waals surface area (Å²) in [7, 11) is 1.60. The van der Waals surface area contributed by atoms with E-state index in [0.29, 0.717) is 23.6 Å². The molecule has 0 atom stereocenters. The molecule has 5 nitrogen and oxygen atoms in total. The Balaban J connectivity index is 2.63. The molecule has 0 amide bonds. The van der Waals surface area contributed by atoms with Gasteiger partial charge in [-0.2, -0.15) is 10.4 Å². The first-order valence-corrected chi connectivity index (χ1v) is 7.18. The van der Waals surface area contributed by atoms with Gasteiger partial charge in [0.25, 0.3) is 5.56 Å². The Labute approximate surface area is 129 Å². The summed E-state index contributed by atoms with van der Waals surface area (Å²) >= 11 is 0. The topological polar surface area (TPSA) is 67.9 Å². The second-order valence-corrected chi connectivity index (χ2v) is 5.47. The maximum Gasteiger partial charge on any atom is 0.271 e. The van der Waals surface area contributed by atoms with Crippen molar-refractivity contribution < 1.29 is 4.74 Å². The highest BCUT2D eigenvalue weighted by Gasteiger charge is 2.13. The summed E-state index contributed by atoms with van der Waals surface area (Å²) < 4.78 is 6.80. The molecule has 0 N–H and O–H groups in total. The molecule has 1 aromatic heterocycles. The molecule has 0 aliphatic heterocycles. The van der Waals surface area contributed by atoms with Crippen LogP contribution in [0.4, 0.5) is 0 Å². The average molecular weight is 297 g/mol. The number of nitrogens with zero attached hydrogens (tertiary/aromatic N) is 3. The lowest BCUT2D eigenvalue weighted by molar-refractivity contribution is 0.415. The van der Waals surface area contributed by atoms with Gasteiger partial charge in [0.1, 0.15) is 5.75 Å². The zero-order chi connectivity index (χ0) is 16.1. The molecule has 22 heavy (non-hydrogen) atoms. The van der Waals surface area contributed by atoms with Crippen molar-refractivity contribution >= 4 is 0 Å². The first-order chi connectivity index (χ1) is 10.6. The third-order valence-electron chi connectivity index (χ3n) is 3.24. The van der Waals surface area contributed by atoms with Crippen molar-refractivity contribution in [1.29, 1.82) is 5.26 Å². The number of hydrogen-bond donors (Lipinski definition) is 0. The van der Waals surface area contributed by atoms with E-state index < -0.39 is 0 Å². The van der Waals surface area contributed by atoms with Crippen molar-refractivity contribution in [3.63, 3.8) is 0 Å². The lowest BCUT2D eigenvalue weighted by Gasteiger charge is -2.13. The van der Waals surface area contributed by atoms with Gasteiger partial charge in [-0.05, 0) is 24.1 Å². The minimum absolute atomic E-state index is 0.0710. The summed E-state index contributed by atoms with van der Waals surface area (Å²) in [6, 6.07) is 11.2. The zero-order valence-corrected chi connectivity index (χ0v) is 13.0. The van der Waals surface area contributed by atoms with Gasteiger partial charge in [-0.1, -0.05) is 26.0 Å². The van der Waals surface area contributed by atoms with Gasteiger partial charge in [-0.15, -0.1) is 0 Å². The maximum atomic E-state index is 12.4. The monoisotopic (exact) mass is 297 g/mol. The predicted octanol–water partition coefficient (Wildman–Crippen LogP) is 2.64. The van der Waals surface area contributed by atoms with E-state index in [4.69, 9.17) is 10.00 Å². The predicted molar refractivity (Wildman–Crippen MR) is 84.6 cm³/mol. The second-order valence-electron chi connectivity index (χ2n) is 5.47. The molecule has 0 saturated heterocycles. The fraction of sp³-hybridized carbons (Fsp3) is 0.353. The van der Waals surface area contributed by atoms with E-state index in [0.717, 1.165) is 5.56 Å². The molecule has 0 saturated carbocycles. The Hall–Kier alpha value is -2.61. The van der Waals surface area contributed by atoms with Gasteiger partial charge in [-0.3, -0.25) is 4.79 Å². The summed E-state index contributed by atoms with van der Waals surface area (Å²) in [5.41, 5.74) is 1.71. The lowest BCUT2D eigenvalue weighted by Crippen LogP contribution is -2.28. The average Bonchev–Trinajstić information content (AvgIpc) is 2.50. The molecule has 0 radical (unpaired) electrons. The quantitative estimate of drug-likeness (QED) is 0.851. The van der Waals surface area contributed by atoms with Crippen molar-refractivity contribution in [3.05, 3.63) is 46.2 Å². The smallest absolute Gasteiger partial charge is 0.271 e. The van der Waals surface area contributed by atoms with Crippen LogP contribution in [0.5, 0.6) is 5.75 Å². The van der Waals surface area contributed by atoms with Gasteiger partial charge in [0.05, 0.1) is 25.3 Å². The molecular weight excluding hydrogens is 278 g/mol. The Kier molecular flexibility index (Phi) is 4.95. The molecule has 0 spiro atoms. The van der Waals surface area contributed by atoms with Gasteiger partial charge in [0, 0.05) is 17.7 Å². The van der Waals surface area contributed by atoms with Crippen LogP contribution < -0.4 is 10.3 Å². The standard InChI is InChI=1S/C17H19N3O2/c1-12(2)11-20-17(21)13(8-9-18)10-15(19-20)14-6-4-5-7-16(14)22-3/h4-7,10,12H,8,11H2,1-3H3. The molecule has 0 bridgehead atoms. The van der Waals surface area contributed by atoms with E-state index in [2.05, 4.69) is 5.10 Å². The number of nitriles is 1. The number of aromatic nitrogens is 2. The fourth-order valence-corrected chi connectivity index (χ4v) is 2.27. The Morgan fingerprint density at radius 2 is 2.09 bits per heavy atom. The summed E-state index contributed by atoms with van der Waals surface area (Å²) in [5, 5.41) is 13.4. The number of hydrogen-bond acceptors (Lipinski definition) is 4. The molecule has 0 aliphatic carbocycles. The highest BCUT2D eigenvalue weighted by molar-refractivity contribution is 5.67. The van der Waals surface area contributed by atoms with Crippen molar-refractivity contribution in [2.45, 2.75) is 26.8 Å². The van der Waals surface area contributed by atoms with Crippen LogP contribution in [0.3, 0.4) is 0 Å². The number of para-hydroxylation sites is 1. The van der Waals surface area contributed by atoms with Gasteiger partial charge in [0.2, 0.25) is 0 Å². The van der Waals surface area contributed by atoms with E-state index >= 15 is 0 Å². The maximum absolute atomic E-state index is 12.4. The van der Waals surface area contributed by atoms with E-state index in [1.54, 1.807) is 13.2 Å². The van der Waals surface area contributed by atoms with Crippen LogP contribution in [0.2, 0.25) is 0 Å². The van der Waals surface area contributed by atoms with Gasteiger partial charge in [0.15, 0.2) is 0 Å². The summed E-state index contributed by atoms with van der Waals surface area (Å²) in [4.78, 5) is 12.4. The van der Waals surface area contributed by atoms with Crippen molar-refractivity contribution in [3.8, 4) is 23.1 Å². The molecule has 1 aromatic carbocycles. The molecule has 2 rings (SSSR count). The molecule has 114 valence electrons. The van der Waals surface area contributed by atoms with Crippen LogP contribution in [-0.2, 0) is 13.0 Å². The summed E-state index contributed by atoms with van der Waals surface area (Å²) in [6.07, 6.45) is 0.0710. The second kappa shape index (κ2) is 6.90. The van der Waals surface area contributed by atoms with Crippen LogP contribution >= 0.6 is 0 Å². The van der Waals surface area contributed by atoms with E-state index in [-0.39, 0.29) is 17.9 Å². The molecule has 5 heteroatoms. The van der Waals surface area contributed by atoms with Gasteiger partial charge < -0.3 is 4.74 Å². The number of ether oxygens (including phenoxy) is 1. The van der Waals surface area contributed by atoms with Crippen LogP contribution in [0.15, 0.2) is 35.1 Å². The number of benzene rings is 1. The minimum atomic E-state index is -0.200. The minimum Gasteiger partial charge on any atom is -0.496 e. The Morgan fingerprint density at radius 3 is 2.73 bits per heavy atom. The Morgan fingerprint density at radius 1 is 1.36 bits per heavy atom. The van der Waals surface area contributed by atoms with Crippen LogP contribution in [-0.4, -0.2) is 16.9 Å². The normalized spacial score (nSPS) is 10.5. The zero-order valence-electron chi connectivity index (χ0n) is 13.0. The van der Waals surface area contributed by atoms with Crippen LogP contribution in [0, 0.1) is 17.2 Å². The molecule has 1 heterocycles. The number of methoxy groups -OCH3 is 1. The van der Waals surface area contributed by atoms with E-state index in [9.17, 15) is 4.79 Å². The fourth-order valence-electron chi connectivity index (χ4n) is 2.27. The first kappa shape index (κ1) is 15.8. The van der Waals surface area contributed by atoms with Gasteiger partial charge in [-0.25, -0.2) is 4.68 Å². The van der Waals surface area contributed by atoms with E-state index in [1.165, 1.54) is 4.68 Å². The third-order valence-corrected chi connectivity index (χ3v) is 3.24. The lowest BCUT2D eigenvalue weighted by atomic mass is 10.1. The molecule has 0 aliphatic rings. The van der Waals surface area contributed by atoms with Crippen molar-refractivity contribution in [1.82, 2.24) is 9.78 Å². The van der Waals surface area contributed by atoms with Crippen LogP contribution in [0.25, 0.3) is 11.3 Å². The van der Waals surface area contributed by atoms with Crippen molar-refractivity contribution in [2.75, 3.05) is 7.11 Å². The van der Waals surface area contributed by atoms with Crippen molar-refractivity contribution in [2.24, 2.45) is 5.92 Å². The van der Waals surface area contributed by atoms with E-state index in [1.807, 2.05) is 44.2 Å². The highest BCUT2D eigenvalue weighted by atomic mass is 16.5. The summed E-state index contributed by atoms with van der Waals surface area (Å²) in [6.45, 7) is 4.56. The largest absolute Gasteiger partial charge is 0.496 e. The molecule has 0 unspecified atom stereocenters. The first-order valence-electron chi connectivity index (χ1n) is 7.18. The number of rotatable bonds is 5.